The van der Waals surface area contributed by atoms with E-state index >= 15 is 0 Å². The number of benzene rings is 2. The van der Waals surface area contributed by atoms with Gasteiger partial charge in [0.1, 0.15) is 10.0 Å². The van der Waals surface area contributed by atoms with Gasteiger partial charge in [-0.15, -0.1) is 20.4 Å². The van der Waals surface area contributed by atoms with E-state index in [4.69, 9.17) is 11.6 Å². The van der Waals surface area contributed by atoms with E-state index in [9.17, 15) is 14.7 Å². The zero-order chi connectivity index (χ0) is 25.3. The van der Waals surface area contributed by atoms with Gasteiger partial charge < -0.3 is 10.4 Å². The van der Waals surface area contributed by atoms with E-state index in [-0.39, 0.29) is 5.91 Å². The summed E-state index contributed by atoms with van der Waals surface area (Å²) in [7, 11) is 0. The number of aryl methyl sites for hydroxylation is 2. The molecule has 4 aromatic rings. The number of halogens is 1. The van der Waals surface area contributed by atoms with Crippen LogP contribution in [0.25, 0.3) is 0 Å². The predicted molar refractivity (Wildman–Crippen MR) is 140 cm³/mol. The highest BCUT2D eigenvalue weighted by Crippen LogP contribution is 2.23. The van der Waals surface area contributed by atoms with Crippen LogP contribution in [0.4, 0.5) is 10.3 Å². The van der Waals surface area contributed by atoms with Crippen molar-refractivity contribution in [2.75, 3.05) is 10.6 Å². The Labute approximate surface area is 220 Å². The first-order valence-electron chi connectivity index (χ1n) is 11.2. The molecular formula is C24H23ClN6O3S2. The Kier molecular flexibility index (Phi) is 9.06. The van der Waals surface area contributed by atoms with E-state index in [0.29, 0.717) is 33.7 Å². The Morgan fingerprint density at radius 3 is 2.14 bits per heavy atom. The number of nitrogens with zero attached hydrogens (tertiary/aromatic N) is 4. The topological polar surface area (TPSA) is 130 Å². The van der Waals surface area contributed by atoms with Gasteiger partial charge in [-0.3, -0.25) is 14.9 Å². The molecule has 2 aromatic heterocycles. The molecule has 36 heavy (non-hydrogen) atoms. The first kappa shape index (κ1) is 25.8. The Morgan fingerprint density at radius 1 is 0.861 bits per heavy atom. The number of rotatable bonds is 11. The smallest absolute Gasteiger partial charge is 0.259 e. The second-order valence-corrected chi connectivity index (χ2v) is 10.4. The third-order valence-corrected chi connectivity index (χ3v) is 7.09. The largest absolute Gasteiger partial charge is 0.378 e. The summed E-state index contributed by atoms with van der Waals surface area (Å²) >= 11 is 8.56. The lowest BCUT2D eigenvalue weighted by Gasteiger charge is -2.09. The number of anilines is 2. The molecule has 2 aromatic carbocycles. The number of amides is 2. The lowest BCUT2D eigenvalue weighted by molar-refractivity contribution is -0.124. The van der Waals surface area contributed by atoms with E-state index in [1.807, 2.05) is 30.3 Å². The van der Waals surface area contributed by atoms with Crippen molar-refractivity contribution < 1.29 is 14.7 Å². The highest BCUT2D eigenvalue weighted by molar-refractivity contribution is 7.15. The lowest BCUT2D eigenvalue weighted by Crippen LogP contribution is -2.20. The van der Waals surface area contributed by atoms with Crippen LogP contribution >= 0.6 is 34.3 Å². The fourth-order valence-electron chi connectivity index (χ4n) is 3.31. The fourth-order valence-corrected chi connectivity index (χ4v) is 5.09. The van der Waals surface area contributed by atoms with Gasteiger partial charge >= 0.3 is 0 Å². The second-order valence-electron chi connectivity index (χ2n) is 7.87. The quantitative estimate of drug-likeness (QED) is 0.238. The van der Waals surface area contributed by atoms with E-state index in [1.54, 1.807) is 18.2 Å². The van der Waals surface area contributed by atoms with Crippen molar-refractivity contribution in [1.29, 1.82) is 0 Å². The SMILES string of the molecule is O=C(Cc1ccccc1)Nc1nnc(CCCCc2nnc(NC(=O)C(O)c3cccc(Cl)c3)s2)s1. The Morgan fingerprint density at radius 2 is 1.50 bits per heavy atom. The summed E-state index contributed by atoms with van der Waals surface area (Å²) in [5, 5.41) is 34.8. The average molecular weight is 543 g/mol. The number of hydrogen-bond acceptors (Lipinski definition) is 9. The average Bonchev–Trinajstić information content (AvgIpc) is 3.51. The van der Waals surface area contributed by atoms with Crippen LogP contribution in [-0.4, -0.2) is 37.3 Å². The summed E-state index contributed by atoms with van der Waals surface area (Å²) in [6.07, 6.45) is 2.09. The number of hydrogen-bond donors (Lipinski definition) is 3. The Balaban J connectivity index is 1.17. The van der Waals surface area contributed by atoms with Gasteiger partial charge in [0.25, 0.3) is 5.91 Å². The van der Waals surface area contributed by atoms with Crippen LogP contribution in [0.3, 0.4) is 0 Å². The van der Waals surface area contributed by atoms with Crippen molar-refractivity contribution in [3.8, 4) is 0 Å². The third-order valence-electron chi connectivity index (χ3n) is 5.06. The van der Waals surface area contributed by atoms with Gasteiger partial charge in [-0.25, -0.2) is 0 Å². The number of nitrogens with one attached hydrogen (secondary N) is 2. The molecule has 0 radical (unpaired) electrons. The van der Waals surface area contributed by atoms with E-state index in [0.717, 1.165) is 34.8 Å². The van der Waals surface area contributed by atoms with Crippen LogP contribution in [0, 0.1) is 0 Å². The van der Waals surface area contributed by atoms with Crippen LogP contribution in [-0.2, 0) is 28.9 Å². The minimum atomic E-state index is -1.35. The van der Waals surface area contributed by atoms with E-state index in [2.05, 4.69) is 31.0 Å². The van der Waals surface area contributed by atoms with Crippen LogP contribution in [0.15, 0.2) is 54.6 Å². The zero-order valence-corrected chi connectivity index (χ0v) is 21.4. The lowest BCUT2D eigenvalue weighted by atomic mass is 10.1. The molecule has 0 saturated carbocycles. The molecule has 0 fully saturated rings. The first-order chi connectivity index (χ1) is 17.5. The summed E-state index contributed by atoms with van der Waals surface area (Å²) in [6, 6.07) is 16.0. The molecule has 0 saturated heterocycles. The van der Waals surface area contributed by atoms with Crippen LogP contribution in [0.2, 0.25) is 5.02 Å². The molecular weight excluding hydrogens is 520 g/mol. The van der Waals surface area contributed by atoms with Crippen molar-refractivity contribution in [3.63, 3.8) is 0 Å². The predicted octanol–water partition coefficient (Wildman–Crippen LogP) is 4.46. The molecule has 9 nitrogen and oxygen atoms in total. The second kappa shape index (κ2) is 12.6. The molecule has 2 heterocycles. The molecule has 0 bridgehead atoms. The first-order valence-corrected chi connectivity index (χ1v) is 13.2. The van der Waals surface area contributed by atoms with Crippen molar-refractivity contribution >= 4 is 56.4 Å². The third kappa shape index (κ3) is 7.62. The summed E-state index contributed by atoms with van der Waals surface area (Å²) in [4.78, 5) is 24.5. The van der Waals surface area contributed by atoms with E-state index < -0.39 is 12.0 Å². The monoisotopic (exact) mass is 542 g/mol. The number of carbonyl (C=O) groups excluding carboxylic acids is 2. The van der Waals surface area contributed by atoms with Gasteiger partial charge in [-0.05, 0) is 36.1 Å². The number of carbonyl (C=O) groups is 2. The standard InChI is InChI=1S/C24H23ClN6O3S2/c25-17-10-6-9-16(14-17)21(33)22(34)27-24-31-29-20(36-24)12-5-4-11-19-28-30-23(35-19)26-18(32)13-15-7-2-1-3-8-15/h1-3,6-10,14,21,33H,4-5,11-13H2,(H,26,30,32)(H,27,31,34). The number of aliphatic hydroxyl groups excluding tert-OH is 1. The van der Waals surface area contributed by atoms with Gasteiger partial charge in [-0.2, -0.15) is 0 Å². The summed E-state index contributed by atoms with van der Waals surface area (Å²) in [5.41, 5.74) is 1.34. The maximum absolute atomic E-state index is 12.3. The molecule has 12 heteroatoms. The van der Waals surface area contributed by atoms with Crippen LogP contribution in [0.5, 0.6) is 0 Å². The minimum absolute atomic E-state index is 0.122. The molecule has 0 aliphatic rings. The highest BCUT2D eigenvalue weighted by Gasteiger charge is 2.19. The molecule has 1 unspecified atom stereocenters. The molecule has 186 valence electrons. The molecule has 2 amide bonds. The van der Waals surface area contributed by atoms with Gasteiger partial charge in [-0.1, -0.05) is 76.7 Å². The van der Waals surface area contributed by atoms with Gasteiger partial charge in [0.2, 0.25) is 16.2 Å². The van der Waals surface area contributed by atoms with Crippen LogP contribution < -0.4 is 10.6 Å². The molecule has 4 rings (SSSR count). The molecule has 0 aliphatic carbocycles. The van der Waals surface area contributed by atoms with Crippen molar-refractivity contribution in [3.05, 3.63) is 80.8 Å². The summed E-state index contributed by atoms with van der Waals surface area (Å²) in [5.74, 6) is -0.717. The fraction of sp³-hybridized carbons (Fsp3) is 0.250. The maximum Gasteiger partial charge on any atom is 0.259 e. The molecule has 0 aliphatic heterocycles. The Bertz CT molecular complexity index is 1310. The van der Waals surface area contributed by atoms with Gasteiger partial charge in [0.15, 0.2) is 6.10 Å². The van der Waals surface area contributed by atoms with Gasteiger partial charge in [0.05, 0.1) is 6.42 Å². The Hall–Kier alpha value is -3.25. The molecule has 0 spiro atoms. The van der Waals surface area contributed by atoms with E-state index in [1.165, 1.54) is 28.7 Å². The normalized spacial score (nSPS) is 11.7. The summed E-state index contributed by atoms with van der Waals surface area (Å²) in [6.45, 7) is 0. The molecule has 3 N–H and O–H groups in total. The highest BCUT2D eigenvalue weighted by atomic mass is 35.5. The van der Waals surface area contributed by atoms with Crippen LogP contribution in [0.1, 0.15) is 40.1 Å². The van der Waals surface area contributed by atoms with Crippen molar-refractivity contribution in [2.24, 2.45) is 0 Å². The number of unbranched alkanes of at least 4 members (excludes halogenated alkanes) is 1. The number of aromatic nitrogens is 4. The minimum Gasteiger partial charge on any atom is -0.378 e. The maximum atomic E-state index is 12.3. The van der Waals surface area contributed by atoms with Gasteiger partial charge in [0, 0.05) is 17.9 Å². The zero-order valence-electron chi connectivity index (χ0n) is 19.1. The molecule has 1 atom stereocenters. The van der Waals surface area contributed by atoms with Crippen molar-refractivity contribution in [2.45, 2.75) is 38.2 Å². The number of aliphatic hydroxyl groups is 1. The van der Waals surface area contributed by atoms with Crippen molar-refractivity contribution in [1.82, 2.24) is 20.4 Å². The summed E-state index contributed by atoms with van der Waals surface area (Å²) < 4.78 is 0.